The van der Waals surface area contributed by atoms with Gasteiger partial charge in [0.2, 0.25) is 5.91 Å². The van der Waals surface area contributed by atoms with E-state index < -0.39 is 0 Å². The third-order valence-corrected chi connectivity index (χ3v) is 2.54. The van der Waals surface area contributed by atoms with E-state index in [0.717, 1.165) is 12.1 Å². The largest absolute Gasteiger partial charge is 0.384 e. The second-order valence-corrected chi connectivity index (χ2v) is 3.45. The van der Waals surface area contributed by atoms with E-state index in [1.54, 1.807) is 0 Å². The summed E-state index contributed by atoms with van der Waals surface area (Å²) in [6.45, 7) is 0.653. The van der Waals surface area contributed by atoms with Gasteiger partial charge in [-0.05, 0) is 18.1 Å². The first-order valence-electron chi connectivity index (χ1n) is 4.63. The van der Waals surface area contributed by atoms with E-state index in [2.05, 4.69) is 10.7 Å². The highest BCUT2D eigenvalue weighted by molar-refractivity contribution is 5.80. The summed E-state index contributed by atoms with van der Waals surface area (Å²) in [5, 5.41) is 3.21. The Balaban J connectivity index is 2.17. The zero-order chi connectivity index (χ0) is 9.97. The van der Waals surface area contributed by atoms with Crippen LogP contribution >= 0.6 is 0 Å². The molecule has 14 heavy (non-hydrogen) atoms. The molecule has 0 fully saturated rings. The van der Waals surface area contributed by atoms with Crippen LogP contribution in [0.4, 0.5) is 5.69 Å². The number of carbonyl (C=O) groups is 1. The Morgan fingerprint density at radius 1 is 1.50 bits per heavy atom. The SMILES string of the molecule is NNC(=O)C1CNc2ccccc2C1. The van der Waals surface area contributed by atoms with Crippen molar-refractivity contribution < 1.29 is 4.79 Å². The number of para-hydroxylation sites is 1. The Kier molecular flexibility index (Phi) is 2.37. The molecule has 0 saturated heterocycles. The summed E-state index contributed by atoms with van der Waals surface area (Å²) in [5.41, 5.74) is 4.48. The fraction of sp³-hybridized carbons (Fsp3) is 0.300. The molecule has 1 atom stereocenters. The first kappa shape index (κ1) is 9.02. The Hall–Kier alpha value is -1.55. The summed E-state index contributed by atoms with van der Waals surface area (Å²) >= 11 is 0. The van der Waals surface area contributed by atoms with E-state index in [1.165, 1.54) is 5.56 Å². The van der Waals surface area contributed by atoms with Gasteiger partial charge in [0.15, 0.2) is 0 Å². The predicted molar refractivity (Wildman–Crippen MR) is 54.5 cm³/mol. The lowest BCUT2D eigenvalue weighted by Gasteiger charge is -2.24. The van der Waals surface area contributed by atoms with E-state index in [1.807, 2.05) is 24.3 Å². The van der Waals surface area contributed by atoms with E-state index >= 15 is 0 Å². The van der Waals surface area contributed by atoms with Crippen molar-refractivity contribution >= 4 is 11.6 Å². The lowest BCUT2D eigenvalue weighted by molar-refractivity contribution is -0.124. The zero-order valence-electron chi connectivity index (χ0n) is 7.79. The molecular formula is C10H13N3O. The Bertz CT molecular complexity index is 351. The molecule has 4 N–H and O–H groups in total. The Morgan fingerprint density at radius 3 is 3.07 bits per heavy atom. The van der Waals surface area contributed by atoms with E-state index in [-0.39, 0.29) is 11.8 Å². The van der Waals surface area contributed by atoms with Crippen LogP contribution in [0.2, 0.25) is 0 Å². The van der Waals surface area contributed by atoms with Crippen LogP contribution in [-0.2, 0) is 11.2 Å². The molecular weight excluding hydrogens is 178 g/mol. The van der Waals surface area contributed by atoms with Gasteiger partial charge in [0.1, 0.15) is 0 Å². The molecule has 0 radical (unpaired) electrons. The van der Waals surface area contributed by atoms with Crippen molar-refractivity contribution in [3.63, 3.8) is 0 Å². The number of anilines is 1. The van der Waals surface area contributed by atoms with E-state index in [9.17, 15) is 4.79 Å². The Labute approximate surface area is 82.5 Å². The highest BCUT2D eigenvalue weighted by Gasteiger charge is 2.23. The molecule has 4 nitrogen and oxygen atoms in total. The van der Waals surface area contributed by atoms with Gasteiger partial charge >= 0.3 is 0 Å². The molecule has 0 bridgehead atoms. The predicted octanol–water partition coefficient (Wildman–Crippen LogP) is 0.261. The van der Waals surface area contributed by atoms with Crippen LogP contribution in [0.3, 0.4) is 0 Å². The number of nitrogens with one attached hydrogen (secondary N) is 2. The van der Waals surface area contributed by atoms with Gasteiger partial charge in [0.05, 0.1) is 5.92 Å². The molecule has 0 aliphatic carbocycles. The fourth-order valence-corrected chi connectivity index (χ4v) is 1.74. The first-order valence-corrected chi connectivity index (χ1v) is 4.63. The quantitative estimate of drug-likeness (QED) is 0.339. The van der Waals surface area contributed by atoms with Crippen molar-refractivity contribution in [3.05, 3.63) is 29.8 Å². The second-order valence-electron chi connectivity index (χ2n) is 3.45. The summed E-state index contributed by atoms with van der Waals surface area (Å²) in [6.07, 6.45) is 0.756. The maximum atomic E-state index is 11.3. The molecule has 74 valence electrons. The van der Waals surface area contributed by atoms with Crippen molar-refractivity contribution in [2.75, 3.05) is 11.9 Å². The van der Waals surface area contributed by atoms with Crippen molar-refractivity contribution in [1.29, 1.82) is 0 Å². The number of hydrazine groups is 1. The Morgan fingerprint density at radius 2 is 2.29 bits per heavy atom. The fourth-order valence-electron chi connectivity index (χ4n) is 1.74. The van der Waals surface area contributed by atoms with Crippen molar-refractivity contribution in [3.8, 4) is 0 Å². The number of hydrogen-bond donors (Lipinski definition) is 3. The summed E-state index contributed by atoms with van der Waals surface area (Å²) in [6, 6.07) is 8.00. The van der Waals surface area contributed by atoms with Crippen LogP contribution in [0.15, 0.2) is 24.3 Å². The number of benzene rings is 1. The van der Waals surface area contributed by atoms with Gasteiger partial charge in [-0.2, -0.15) is 0 Å². The number of rotatable bonds is 1. The van der Waals surface area contributed by atoms with Gasteiger partial charge in [-0.3, -0.25) is 10.2 Å². The lowest BCUT2D eigenvalue weighted by Crippen LogP contribution is -2.41. The number of nitrogens with two attached hydrogens (primary N) is 1. The van der Waals surface area contributed by atoms with Crippen molar-refractivity contribution in [2.45, 2.75) is 6.42 Å². The smallest absolute Gasteiger partial charge is 0.239 e. The topological polar surface area (TPSA) is 67.1 Å². The minimum Gasteiger partial charge on any atom is -0.384 e. The monoisotopic (exact) mass is 191 g/mol. The molecule has 0 saturated carbocycles. The molecule has 0 spiro atoms. The van der Waals surface area contributed by atoms with Crippen LogP contribution in [-0.4, -0.2) is 12.5 Å². The molecule has 1 aromatic carbocycles. The van der Waals surface area contributed by atoms with Gasteiger partial charge in [-0.1, -0.05) is 18.2 Å². The molecule has 0 aromatic heterocycles. The first-order chi connectivity index (χ1) is 6.81. The van der Waals surface area contributed by atoms with Crippen LogP contribution < -0.4 is 16.6 Å². The minimum atomic E-state index is -0.105. The molecule has 1 aliphatic heterocycles. The van der Waals surface area contributed by atoms with Gasteiger partial charge < -0.3 is 5.32 Å². The highest BCUT2D eigenvalue weighted by atomic mass is 16.2. The number of hydrogen-bond acceptors (Lipinski definition) is 3. The van der Waals surface area contributed by atoms with Crippen LogP contribution in [0, 0.1) is 5.92 Å². The molecule has 4 heteroatoms. The van der Waals surface area contributed by atoms with Gasteiger partial charge in [-0.25, -0.2) is 5.84 Å². The molecule has 2 rings (SSSR count). The molecule has 1 amide bonds. The van der Waals surface area contributed by atoms with Crippen molar-refractivity contribution in [2.24, 2.45) is 11.8 Å². The van der Waals surface area contributed by atoms with Crippen molar-refractivity contribution in [1.82, 2.24) is 5.43 Å². The summed E-state index contributed by atoms with van der Waals surface area (Å²) in [4.78, 5) is 11.3. The number of amides is 1. The van der Waals surface area contributed by atoms with Gasteiger partial charge in [0, 0.05) is 12.2 Å². The molecule has 1 aromatic rings. The maximum absolute atomic E-state index is 11.3. The normalized spacial score (nSPS) is 19.4. The van der Waals surface area contributed by atoms with Crippen LogP contribution in [0.25, 0.3) is 0 Å². The van der Waals surface area contributed by atoms with Gasteiger partial charge in [-0.15, -0.1) is 0 Å². The number of carbonyl (C=O) groups excluding carboxylic acids is 1. The molecule has 1 heterocycles. The second kappa shape index (κ2) is 3.67. The standard InChI is InChI=1S/C10H13N3O/c11-13-10(14)8-5-7-3-1-2-4-9(7)12-6-8/h1-4,8,12H,5-6,11H2,(H,13,14). The number of fused-ring (bicyclic) bond motifs is 1. The molecule has 1 unspecified atom stereocenters. The zero-order valence-corrected chi connectivity index (χ0v) is 7.79. The summed E-state index contributed by atoms with van der Waals surface area (Å²) in [7, 11) is 0. The average molecular weight is 191 g/mol. The third kappa shape index (κ3) is 1.56. The van der Waals surface area contributed by atoms with Gasteiger partial charge in [0.25, 0.3) is 0 Å². The lowest BCUT2D eigenvalue weighted by atomic mass is 9.93. The van der Waals surface area contributed by atoms with E-state index in [4.69, 9.17) is 5.84 Å². The third-order valence-electron chi connectivity index (χ3n) is 2.54. The average Bonchev–Trinajstić information content (AvgIpc) is 2.27. The summed E-state index contributed by atoms with van der Waals surface area (Å²) in [5.74, 6) is 4.93. The van der Waals surface area contributed by atoms with E-state index in [0.29, 0.717) is 6.54 Å². The van der Waals surface area contributed by atoms with Crippen LogP contribution in [0.5, 0.6) is 0 Å². The molecule has 1 aliphatic rings. The van der Waals surface area contributed by atoms with Crippen LogP contribution in [0.1, 0.15) is 5.56 Å². The minimum absolute atomic E-state index is 0.0603. The maximum Gasteiger partial charge on any atom is 0.239 e. The summed E-state index contributed by atoms with van der Waals surface area (Å²) < 4.78 is 0. The highest BCUT2D eigenvalue weighted by Crippen LogP contribution is 2.23.